The Morgan fingerprint density at radius 2 is 2.21 bits per heavy atom. The molecule has 3 heteroatoms. The van der Waals surface area contributed by atoms with E-state index in [1.807, 2.05) is 0 Å². The fraction of sp³-hybridized carbons (Fsp3) is 0.455. The Kier molecular flexibility index (Phi) is 1.90. The molecule has 14 heavy (non-hydrogen) atoms. The molecule has 0 amide bonds. The Morgan fingerprint density at radius 3 is 2.93 bits per heavy atom. The van der Waals surface area contributed by atoms with Gasteiger partial charge in [0.05, 0.1) is 12.2 Å². The Labute approximate surface area is 97.2 Å². The van der Waals surface area contributed by atoms with Gasteiger partial charge in [-0.15, -0.1) is 0 Å². The molecule has 1 aliphatic carbocycles. The van der Waals surface area contributed by atoms with Crippen molar-refractivity contribution in [1.82, 2.24) is 0 Å². The van der Waals surface area contributed by atoms with Gasteiger partial charge in [-0.2, -0.15) is 0 Å². The minimum Gasteiger partial charge on any atom is -0.483 e. The van der Waals surface area contributed by atoms with E-state index in [1.165, 1.54) is 28.5 Å². The second-order valence-electron chi connectivity index (χ2n) is 4.11. The number of para-hydroxylation sites is 1. The quantitative estimate of drug-likeness (QED) is 0.744. The van der Waals surface area contributed by atoms with Crippen molar-refractivity contribution in [2.24, 2.45) is 0 Å². The zero-order valence-electron chi connectivity index (χ0n) is 7.85. The Hall–Kier alpha value is -0.450. The number of rotatable bonds is 0. The van der Waals surface area contributed by atoms with E-state index in [1.54, 1.807) is 0 Å². The average Bonchev–Trinajstić information content (AvgIpc) is 2.15. The van der Waals surface area contributed by atoms with E-state index in [9.17, 15) is 0 Å². The summed E-state index contributed by atoms with van der Waals surface area (Å²) in [6.07, 6.45) is 3.71. The van der Waals surface area contributed by atoms with E-state index in [0.717, 1.165) is 12.3 Å². The van der Waals surface area contributed by atoms with Crippen LogP contribution in [0, 0.1) is 3.57 Å². The zero-order valence-corrected chi connectivity index (χ0v) is 10.0. The number of halogens is 1. The summed E-state index contributed by atoms with van der Waals surface area (Å²) >= 11 is 2.34. The molecule has 0 atom stereocenters. The fourth-order valence-corrected chi connectivity index (χ4v) is 2.79. The van der Waals surface area contributed by atoms with E-state index in [0.29, 0.717) is 0 Å². The first-order valence-corrected chi connectivity index (χ1v) is 6.08. The first kappa shape index (κ1) is 8.83. The molecule has 0 aromatic heterocycles. The van der Waals surface area contributed by atoms with Gasteiger partial charge in [0.15, 0.2) is 0 Å². The molecule has 1 spiro atoms. The number of nitrogens with one attached hydrogen (secondary N) is 1. The van der Waals surface area contributed by atoms with Gasteiger partial charge >= 0.3 is 0 Å². The van der Waals surface area contributed by atoms with Crippen LogP contribution in [0.25, 0.3) is 0 Å². The summed E-state index contributed by atoms with van der Waals surface area (Å²) in [6.45, 7) is 0.972. The van der Waals surface area contributed by atoms with Crippen LogP contribution in [0.1, 0.15) is 19.3 Å². The molecular weight excluding hydrogens is 289 g/mol. The lowest BCUT2D eigenvalue weighted by molar-refractivity contribution is 0.000101. The SMILES string of the molecule is Ic1cccc2c1NCC1(CCC1)O2. The maximum absolute atomic E-state index is 6.07. The minimum absolute atomic E-state index is 0.122. The maximum atomic E-state index is 6.07. The molecular formula is C11H12INO. The van der Waals surface area contributed by atoms with Crippen molar-refractivity contribution in [1.29, 1.82) is 0 Å². The number of hydrogen-bond acceptors (Lipinski definition) is 2. The van der Waals surface area contributed by atoms with Gasteiger partial charge in [0.25, 0.3) is 0 Å². The van der Waals surface area contributed by atoms with Crippen LogP contribution in [0.2, 0.25) is 0 Å². The van der Waals surface area contributed by atoms with Crippen LogP contribution < -0.4 is 10.1 Å². The van der Waals surface area contributed by atoms with Crippen molar-refractivity contribution in [2.75, 3.05) is 11.9 Å². The third kappa shape index (κ3) is 1.21. The van der Waals surface area contributed by atoms with E-state index in [4.69, 9.17) is 4.74 Å². The van der Waals surface area contributed by atoms with Crippen molar-refractivity contribution in [2.45, 2.75) is 24.9 Å². The van der Waals surface area contributed by atoms with Crippen LogP contribution >= 0.6 is 22.6 Å². The number of benzene rings is 1. The molecule has 2 aliphatic rings. The summed E-state index contributed by atoms with van der Waals surface area (Å²) in [5.74, 6) is 1.03. The topological polar surface area (TPSA) is 21.3 Å². The normalized spacial score (nSPS) is 21.8. The van der Waals surface area contributed by atoms with Gasteiger partial charge in [-0.3, -0.25) is 0 Å². The van der Waals surface area contributed by atoms with Gasteiger partial charge in [0.2, 0.25) is 0 Å². The molecule has 3 rings (SSSR count). The lowest BCUT2D eigenvalue weighted by Gasteiger charge is -2.45. The van der Waals surface area contributed by atoms with Crippen molar-refractivity contribution in [3.8, 4) is 5.75 Å². The second-order valence-corrected chi connectivity index (χ2v) is 5.27. The predicted molar refractivity (Wildman–Crippen MR) is 64.9 cm³/mol. The lowest BCUT2D eigenvalue weighted by atomic mass is 9.79. The van der Waals surface area contributed by atoms with Crippen molar-refractivity contribution < 1.29 is 4.74 Å². The summed E-state index contributed by atoms with van der Waals surface area (Å²) in [6, 6.07) is 6.22. The largest absolute Gasteiger partial charge is 0.483 e. The molecule has 1 aromatic rings. The second kappa shape index (κ2) is 3.02. The van der Waals surface area contributed by atoms with Crippen LogP contribution in [0.3, 0.4) is 0 Å². The number of fused-ring (bicyclic) bond motifs is 1. The highest BCUT2D eigenvalue weighted by Crippen LogP contribution is 2.43. The first-order chi connectivity index (χ1) is 6.79. The monoisotopic (exact) mass is 301 g/mol. The molecule has 1 fully saturated rings. The maximum Gasteiger partial charge on any atom is 0.144 e. The lowest BCUT2D eigenvalue weighted by Crippen LogP contribution is -2.51. The smallest absolute Gasteiger partial charge is 0.144 e. The van der Waals surface area contributed by atoms with Crippen molar-refractivity contribution in [3.05, 3.63) is 21.8 Å². The third-order valence-electron chi connectivity index (χ3n) is 3.15. The van der Waals surface area contributed by atoms with Gasteiger partial charge in [0, 0.05) is 3.57 Å². The standard InChI is InChI=1S/C11H12INO/c12-8-3-1-4-9-10(8)13-7-11(14-9)5-2-6-11/h1,3-4,13H,2,5-7H2. The molecule has 1 aliphatic heterocycles. The van der Waals surface area contributed by atoms with Crippen LogP contribution in [0.5, 0.6) is 5.75 Å². The van der Waals surface area contributed by atoms with Gasteiger partial charge in [0.1, 0.15) is 11.4 Å². The van der Waals surface area contributed by atoms with Crippen LogP contribution in [0.15, 0.2) is 18.2 Å². The molecule has 1 aromatic carbocycles. The molecule has 74 valence electrons. The van der Waals surface area contributed by atoms with Crippen LogP contribution in [0.4, 0.5) is 5.69 Å². The molecule has 1 heterocycles. The molecule has 0 saturated heterocycles. The van der Waals surface area contributed by atoms with E-state index >= 15 is 0 Å². The van der Waals surface area contributed by atoms with Gasteiger partial charge in [-0.05, 0) is 54.0 Å². The minimum atomic E-state index is 0.122. The van der Waals surface area contributed by atoms with E-state index in [-0.39, 0.29) is 5.60 Å². The molecule has 0 radical (unpaired) electrons. The third-order valence-corrected chi connectivity index (χ3v) is 4.05. The molecule has 0 unspecified atom stereocenters. The van der Waals surface area contributed by atoms with Gasteiger partial charge < -0.3 is 10.1 Å². The molecule has 2 nitrogen and oxygen atoms in total. The Bertz CT molecular complexity index is 374. The summed E-state index contributed by atoms with van der Waals surface area (Å²) in [7, 11) is 0. The highest BCUT2D eigenvalue weighted by molar-refractivity contribution is 14.1. The van der Waals surface area contributed by atoms with Crippen molar-refractivity contribution >= 4 is 28.3 Å². The van der Waals surface area contributed by atoms with Crippen molar-refractivity contribution in [3.63, 3.8) is 0 Å². The first-order valence-electron chi connectivity index (χ1n) is 5.01. The fourth-order valence-electron chi connectivity index (χ4n) is 2.13. The van der Waals surface area contributed by atoms with Gasteiger partial charge in [-0.1, -0.05) is 6.07 Å². The molecule has 1 saturated carbocycles. The summed E-state index contributed by atoms with van der Waals surface area (Å²) < 4.78 is 7.31. The molecule has 0 bridgehead atoms. The molecule has 1 N–H and O–H groups in total. The zero-order chi connectivity index (χ0) is 9.60. The number of anilines is 1. The van der Waals surface area contributed by atoms with E-state index in [2.05, 4.69) is 46.1 Å². The summed E-state index contributed by atoms with van der Waals surface area (Å²) in [5, 5.41) is 3.49. The summed E-state index contributed by atoms with van der Waals surface area (Å²) in [4.78, 5) is 0. The predicted octanol–water partition coefficient (Wildman–Crippen LogP) is 3.02. The van der Waals surface area contributed by atoms with Gasteiger partial charge in [-0.25, -0.2) is 0 Å². The Morgan fingerprint density at radius 1 is 1.36 bits per heavy atom. The highest BCUT2D eigenvalue weighted by atomic mass is 127. The number of hydrogen-bond donors (Lipinski definition) is 1. The van der Waals surface area contributed by atoms with Crippen LogP contribution in [-0.4, -0.2) is 12.1 Å². The van der Waals surface area contributed by atoms with Crippen LogP contribution in [-0.2, 0) is 0 Å². The summed E-state index contributed by atoms with van der Waals surface area (Å²) in [5.41, 5.74) is 1.29. The highest BCUT2D eigenvalue weighted by Gasteiger charge is 2.42. The number of ether oxygens (including phenoxy) is 1. The average molecular weight is 301 g/mol. The Balaban J connectivity index is 1.98. The van der Waals surface area contributed by atoms with E-state index < -0.39 is 0 Å².